The topological polar surface area (TPSA) is 66.8 Å². The number of ether oxygens (including phenoxy) is 2. The Balaban J connectivity index is 1.52. The van der Waals surface area contributed by atoms with E-state index in [4.69, 9.17) is 26.1 Å². The molecule has 5 rings (SSSR count). The first-order valence-corrected chi connectivity index (χ1v) is 10.9. The van der Waals surface area contributed by atoms with Crippen LogP contribution in [0.25, 0.3) is 22.4 Å². The summed E-state index contributed by atoms with van der Waals surface area (Å²) in [6.45, 7) is 4.29. The Labute approximate surface area is 186 Å². The second-order valence-electron chi connectivity index (χ2n) is 7.80. The lowest BCUT2D eigenvalue weighted by atomic mass is 10.0. The first kappa shape index (κ1) is 20.0. The molecular formula is C24H24ClN3O3. The van der Waals surface area contributed by atoms with Gasteiger partial charge in [0.05, 0.1) is 5.69 Å². The molecule has 0 atom stereocenters. The lowest BCUT2D eigenvalue weighted by Gasteiger charge is -2.16. The van der Waals surface area contributed by atoms with Gasteiger partial charge >= 0.3 is 0 Å². The molecule has 2 aromatic carbocycles. The number of phenolic OH excluding ortho intramolecular Hbond substituents is 1. The average Bonchev–Trinajstić information content (AvgIpc) is 3.47. The number of aromatic hydroxyl groups is 1. The molecule has 0 amide bonds. The van der Waals surface area contributed by atoms with Crippen LogP contribution < -0.4 is 14.8 Å². The smallest absolute Gasteiger partial charge is 0.231 e. The lowest BCUT2D eigenvalue weighted by molar-refractivity contribution is 0.174. The van der Waals surface area contributed by atoms with Crippen LogP contribution in [-0.2, 0) is 0 Å². The number of pyridine rings is 1. The second kappa shape index (κ2) is 8.65. The number of nitrogens with zero attached hydrogens (tertiary/aromatic N) is 2. The van der Waals surface area contributed by atoms with Crippen LogP contribution in [0.2, 0.25) is 5.02 Å². The van der Waals surface area contributed by atoms with E-state index in [2.05, 4.69) is 10.2 Å². The summed E-state index contributed by atoms with van der Waals surface area (Å²) in [5.74, 6) is 2.32. The summed E-state index contributed by atoms with van der Waals surface area (Å²) in [5.41, 5.74) is 3.07. The fourth-order valence-electron chi connectivity index (χ4n) is 4.13. The highest BCUT2D eigenvalue weighted by atomic mass is 35.5. The minimum absolute atomic E-state index is 0.134. The summed E-state index contributed by atoms with van der Waals surface area (Å²) >= 11 is 6.20. The molecule has 1 aromatic heterocycles. The number of benzene rings is 2. The van der Waals surface area contributed by atoms with Gasteiger partial charge in [0.2, 0.25) is 6.79 Å². The number of halogens is 1. The van der Waals surface area contributed by atoms with Crippen molar-refractivity contribution in [3.05, 3.63) is 53.6 Å². The third kappa shape index (κ3) is 4.27. The fourth-order valence-corrected chi connectivity index (χ4v) is 4.31. The van der Waals surface area contributed by atoms with Gasteiger partial charge in [0.15, 0.2) is 11.5 Å². The van der Waals surface area contributed by atoms with E-state index in [1.165, 1.54) is 12.8 Å². The summed E-state index contributed by atoms with van der Waals surface area (Å²) in [6, 6.07) is 14.8. The normalized spacial score (nSPS) is 15.4. The third-order valence-corrected chi connectivity index (χ3v) is 5.94. The summed E-state index contributed by atoms with van der Waals surface area (Å²) in [7, 11) is 0. The van der Waals surface area contributed by atoms with Crippen molar-refractivity contribution in [2.75, 3.05) is 38.3 Å². The quantitative estimate of drug-likeness (QED) is 0.565. The molecule has 1 saturated heterocycles. The molecule has 2 N–H and O–H groups in total. The van der Waals surface area contributed by atoms with Crippen molar-refractivity contribution in [1.82, 2.24) is 9.88 Å². The Hall–Kier alpha value is -2.96. The van der Waals surface area contributed by atoms with Gasteiger partial charge in [0, 0.05) is 29.2 Å². The number of aromatic nitrogens is 1. The Morgan fingerprint density at radius 3 is 2.77 bits per heavy atom. The lowest BCUT2D eigenvalue weighted by Crippen LogP contribution is -2.26. The van der Waals surface area contributed by atoms with Gasteiger partial charge in [0.1, 0.15) is 11.6 Å². The predicted octanol–water partition coefficient (Wildman–Crippen LogP) is 5.01. The Kier molecular flexibility index (Phi) is 5.57. The zero-order valence-corrected chi connectivity index (χ0v) is 17.9. The fraction of sp³-hybridized carbons (Fsp3) is 0.292. The van der Waals surface area contributed by atoms with E-state index in [1.54, 1.807) is 18.2 Å². The Morgan fingerprint density at radius 2 is 1.90 bits per heavy atom. The number of fused-ring (bicyclic) bond motifs is 1. The van der Waals surface area contributed by atoms with Crippen molar-refractivity contribution in [3.63, 3.8) is 0 Å². The van der Waals surface area contributed by atoms with Gasteiger partial charge in [0.25, 0.3) is 0 Å². The van der Waals surface area contributed by atoms with Crippen molar-refractivity contribution in [1.29, 1.82) is 0 Å². The molecule has 2 aliphatic heterocycles. The maximum absolute atomic E-state index is 10.4. The highest BCUT2D eigenvalue weighted by molar-refractivity contribution is 6.31. The average molecular weight is 438 g/mol. The summed E-state index contributed by atoms with van der Waals surface area (Å²) in [4.78, 5) is 7.22. The molecule has 0 unspecified atom stereocenters. The first-order chi connectivity index (χ1) is 15.2. The van der Waals surface area contributed by atoms with Crippen molar-refractivity contribution in [2.45, 2.75) is 12.8 Å². The molecule has 160 valence electrons. The molecule has 2 aliphatic rings. The Bertz CT molecular complexity index is 1100. The van der Waals surface area contributed by atoms with Gasteiger partial charge in [-0.1, -0.05) is 23.7 Å². The number of para-hydroxylation sites is 1. The van der Waals surface area contributed by atoms with Crippen LogP contribution in [0.15, 0.2) is 48.5 Å². The van der Waals surface area contributed by atoms with Gasteiger partial charge in [-0.25, -0.2) is 4.98 Å². The van der Waals surface area contributed by atoms with E-state index >= 15 is 0 Å². The van der Waals surface area contributed by atoms with Crippen LogP contribution in [0.5, 0.6) is 17.2 Å². The van der Waals surface area contributed by atoms with Crippen molar-refractivity contribution in [2.24, 2.45) is 0 Å². The number of rotatable bonds is 6. The molecule has 6 nitrogen and oxygen atoms in total. The monoisotopic (exact) mass is 437 g/mol. The van der Waals surface area contributed by atoms with Crippen LogP contribution in [-0.4, -0.2) is 48.0 Å². The van der Waals surface area contributed by atoms with Crippen molar-refractivity contribution in [3.8, 4) is 39.6 Å². The number of anilines is 1. The molecule has 0 saturated carbocycles. The highest BCUT2D eigenvalue weighted by Gasteiger charge is 2.20. The van der Waals surface area contributed by atoms with Gasteiger partial charge in [-0.3, -0.25) is 0 Å². The van der Waals surface area contributed by atoms with E-state index in [9.17, 15) is 5.11 Å². The zero-order chi connectivity index (χ0) is 21.2. The molecule has 0 radical (unpaired) electrons. The van der Waals surface area contributed by atoms with Crippen LogP contribution in [0, 0.1) is 0 Å². The third-order valence-electron chi connectivity index (χ3n) is 5.70. The minimum Gasteiger partial charge on any atom is -0.507 e. The van der Waals surface area contributed by atoms with E-state index < -0.39 is 0 Å². The molecule has 1 fully saturated rings. The van der Waals surface area contributed by atoms with E-state index in [0.717, 1.165) is 54.6 Å². The number of nitrogens with one attached hydrogen (secondary N) is 1. The van der Waals surface area contributed by atoms with Gasteiger partial charge in [-0.15, -0.1) is 0 Å². The number of hydrogen-bond acceptors (Lipinski definition) is 6. The van der Waals surface area contributed by atoms with Crippen LogP contribution in [0.1, 0.15) is 12.8 Å². The van der Waals surface area contributed by atoms with Crippen LogP contribution >= 0.6 is 11.6 Å². The molecular weight excluding hydrogens is 414 g/mol. The Morgan fingerprint density at radius 1 is 1.03 bits per heavy atom. The van der Waals surface area contributed by atoms with Crippen molar-refractivity contribution < 1.29 is 14.6 Å². The maximum atomic E-state index is 10.4. The van der Waals surface area contributed by atoms with Crippen LogP contribution in [0.3, 0.4) is 0 Å². The maximum Gasteiger partial charge on any atom is 0.231 e. The number of phenols is 1. The predicted molar refractivity (Wildman–Crippen MR) is 122 cm³/mol. The summed E-state index contributed by atoms with van der Waals surface area (Å²) in [5, 5.41) is 14.4. The number of hydrogen-bond donors (Lipinski definition) is 2. The van der Waals surface area contributed by atoms with Gasteiger partial charge in [-0.2, -0.15) is 0 Å². The molecule has 0 bridgehead atoms. The number of likely N-dealkylation sites (tertiary alicyclic amines) is 1. The second-order valence-corrected chi connectivity index (χ2v) is 8.24. The molecule has 0 aliphatic carbocycles. The van der Waals surface area contributed by atoms with Crippen LogP contribution in [0.4, 0.5) is 5.82 Å². The molecule has 0 spiro atoms. The van der Waals surface area contributed by atoms with E-state index in [1.807, 2.05) is 30.3 Å². The first-order valence-electron chi connectivity index (χ1n) is 10.5. The summed E-state index contributed by atoms with van der Waals surface area (Å²) < 4.78 is 11.3. The summed E-state index contributed by atoms with van der Waals surface area (Å²) in [6.07, 6.45) is 2.54. The van der Waals surface area contributed by atoms with E-state index in [0.29, 0.717) is 16.3 Å². The van der Waals surface area contributed by atoms with Crippen molar-refractivity contribution >= 4 is 17.4 Å². The molecule has 31 heavy (non-hydrogen) atoms. The zero-order valence-electron chi connectivity index (χ0n) is 17.1. The minimum atomic E-state index is 0.134. The van der Waals surface area contributed by atoms with Gasteiger partial charge < -0.3 is 24.8 Å². The molecule has 7 heteroatoms. The highest BCUT2D eigenvalue weighted by Crippen LogP contribution is 2.43. The molecule has 3 heterocycles. The molecule has 3 aromatic rings. The van der Waals surface area contributed by atoms with E-state index in [-0.39, 0.29) is 12.5 Å². The van der Waals surface area contributed by atoms with Gasteiger partial charge in [-0.05, 0) is 67.9 Å². The largest absolute Gasteiger partial charge is 0.507 e. The standard InChI is InChI=1S/C24H24ClN3O3/c25-17-6-7-21(29)19(14-17)20-12-16(18-4-3-5-22-24(18)31-15-30-22)13-23(27-20)26-8-11-28-9-1-2-10-28/h3-7,12-14,29H,1-2,8-11,15H2,(H,26,27). The SMILES string of the molecule is Oc1ccc(Cl)cc1-c1cc(-c2cccc3c2OCO3)cc(NCCN2CCCC2)n1.